The summed E-state index contributed by atoms with van der Waals surface area (Å²) < 4.78 is 5.58. The second kappa shape index (κ2) is 10.5. The molecule has 0 spiro atoms. The Balaban J connectivity index is 1.64. The lowest BCUT2D eigenvalue weighted by Gasteiger charge is -2.16. The van der Waals surface area contributed by atoms with Gasteiger partial charge in [0.05, 0.1) is 30.3 Å². The molecular weight excluding hydrogens is 366 g/mol. The first-order valence-electron chi connectivity index (χ1n) is 8.63. The van der Waals surface area contributed by atoms with Crippen LogP contribution in [0.5, 0.6) is 5.75 Å². The van der Waals surface area contributed by atoms with Crippen LogP contribution in [0.25, 0.3) is 0 Å². The number of anilines is 1. The summed E-state index contributed by atoms with van der Waals surface area (Å²) in [5.41, 5.74) is 1.67. The third kappa shape index (κ3) is 7.68. The van der Waals surface area contributed by atoms with Crippen LogP contribution in [0.1, 0.15) is 5.56 Å². The fourth-order valence-corrected chi connectivity index (χ4v) is 2.60. The van der Waals surface area contributed by atoms with E-state index in [-0.39, 0.29) is 24.9 Å². The SMILES string of the molecule is Cc1cccc(OCCNC(=O)CN(C)CC(=O)Nc2ccccc2Cl)c1. The van der Waals surface area contributed by atoms with E-state index in [9.17, 15) is 9.59 Å². The molecule has 2 N–H and O–H groups in total. The molecule has 0 fully saturated rings. The molecule has 0 bridgehead atoms. The number of nitrogens with zero attached hydrogens (tertiary/aromatic N) is 1. The molecule has 2 aromatic carbocycles. The Morgan fingerprint density at radius 1 is 1.07 bits per heavy atom. The number of rotatable bonds is 9. The third-order valence-electron chi connectivity index (χ3n) is 3.66. The lowest BCUT2D eigenvalue weighted by atomic mass is 10.2. The first-order chi connectivity index (χ1) is 12.9. The summed E-state index contributed by atoms with van der Waals surface area (Å²) >= 11 is 6.01. The molecule has 0 aromatic heterocycles. The Bertz CT molecular complexity index is 783. The summed E-state index contributed by atoms with van der Waals surface area (Å²) in [5, 5.41) is 5.97. The minimum Gasteiger partial charge on any atom is -0.492 e. The van der Waals surface area contributed by atoms with E-state index >= 15 is 0 Å². The fraction of sp³-hybridized carbons (Fsp3) is 0.300. The molecule has 0 aliphatic heterocycles. The van der Waals surface area contributed by atoms with Crippen LogP contribution in [0, 0.1) is 6.92 Å². The van der Waals surface area contributed by atoms with Crippen LogP contribution in [0.3, 0.4) is 0 Å². The molecule has 2 rings (SSSR count). The predicted octanol–water partition coefficient (Wildman–Crippen LogP) is 2.71. The zero-order chi connectivity index (χ0) is 19.6. The van der Waals surface area contributed by atoms with Crippen LogP contribution in [0.15, 0.2) is 48.5 Å². The van der Waals surface area contributed by atoms with Gasteiger partial charge in [-0.05, 0) is 43.8 Å². The summed E-state index contributed by atoms with van der Waals surface area (Å²) in [6.45, 7) is 2.96. The molecule has 0 atom stereocenters. The average molecular weight is 390 g/mol. The first kappa shape index (κ1) is 20.7. The summed E-state index contributed by atoms with van der Waals surface area (Å²) in [4.78, 5) is 25.6. The molecule has 2 aromatic rings. The van der Waals surface area contributed by atoms with Gasteiger partial charge in [0.1, 0.15) is 12.4 Å². The quantitative estimate of drug-likeness (QED) is 0.647. The highest BCUT2D eigenvalue weighted by Gasteiger charge is 2.11. The molecule has 0 aliphatic rings. The smallest absolute Gasteiger partial charge is 0.238 e. The van der Waals surface area contributed by atoms with Crippen molar-refractivity contribution < 1.29 is 14.3 Å². The molecule has 2 amide bonds. The van der Waals surface area contributed by atoms with E-state index < -0.39 is 0 Å². The maximum Gasteiger partial charge on any atom is 0.238 e. The number of likely N-dealkylation sites (N-methyl/N-ethyl adjacent to an activating group) is 1. The number of amides is 2. The lowest BCUT2D eigenvalue weighted by Crippen LogP contribution is -2.40. The van der Waals surface area contributed by atoms with Crippen molar-refractivity contribution in [3.05, 3.63) is 59.1 Å². The Labute approximate surface area is 164 Å². The molecule has 0 aliphatic carbocycles. The second-order valence-corrected chi connectivity index (χ2v) is 6.62. The van der Waals surface area contributed by atoms with Gasteiger partial charge < -0.3 is 15.4 Å². The van der Waals surface area contributed by atoms with Gasteiger partial charge in [-0.2, -0.15) is 0 Å². The van der Waals surface area contributed by atoms with E-state index in [2.05, 4.69) is 10.6 Å². The largest absolute Gasteiger partial charge is 0.492 e. The number of halogens is 1. The predicted molar refractivity (Wildman–Crippen MR) is 107 cm³/mol. The Kier molecular flexibility index (Phi) is 8.10. The Hall–Kier alpha value is -2.57. The number of hydrogen-bond donors (Lipinski definition) is 2. The van der Waals surface area contributed by atoms with Gasteiger partial charge in [-0.1, -0.05) is 35.9 Å². The van der Waals surface area contributed by atoms with Gasteiger partial charge in [0.25, 0.3) is 0 Å². The van der Waals surface area contributed by atoms with Gasteiger partial charge in [0.15, 0.2) is 0 Å². The van der Waals surface area contributed by atoms with E-state index in [0.29, 0.717) is 23.9 Å². The summed E-state index contributed by atoms with van der Waals surface area (Å²) in [7, 11) is 1.70. The topological polar surface area (TPSA) is 70.7 Å². The summed E-state index contributed by atoms with van der Waals surface area (Å²) in [6, 6.07) is 14.7. The Morgan fingerprint density at radius 2 is 1.81 bits per heavy atom. The van der Waals surface area contributed by atoms with E-state index in [0.717, 1.165) is 11.3 Å². The van der Waals surface area contributed by atoms with Crippen molar-refractivity contribution in [2.24, 2.45) is 0 Å². The van der Waals surface area contributed by atoms with Crippen molar-refractivity contribution in [3.63, 3.8) is 0 Å². The maximum absolute atomic E-state index is 12.0. The number of para-hydroxylation sites is 1. The minimum absolute atomic E-state index is 0.0818. The molecule has 27 heavy (non-hydrogen) atoms. The highest BCUT2D eigenvalue weighted by molar-refractivity contribution is 6.33. The van der Waals surface area contributed by atoms with E-state index in [1.807, 2.05) is 31.2 Å². The summed E-state index contributed by atoms with van der Waals surface area (Å²) in [5.74, 6) is 0.370. The second-order valence-electron chi connectivity index (χ2n) is 6.22. The first-order valence-corrected chi connectivity index (χ1v) is 9.01. The zero-order valence-corrected chi connectivity index (χ0v) is 16.3. The van der Waals surface area contributed by atoms with Gasteiger partial charge in [0.2, 0.25) is 11.8 Å². The zero-order valence-electron chi connectivity index (χ0n) is 15.5. The van der Waals surface area contributed by atoms with Crippen LogP contribution in [-0.2, 0) is 9.59 Å². The number of aryl methyl sites for hydroxylation is 1. The molecule has 0 radical (unpaired) electrons. The molecule has 0 heterocycles. The molecule has 6 nitrogen and oxygen atoms in total. The van der Waals surface area contributed by atoms with Gasteiger partial charge in [-0.15, -0.1) is 0 Å². The Morgan fingerprint density at radius 3 is 2.56 bits per heavy atom. The number of carbonyl (C=O) groups is 2. The molecular formula is C20H24ClN3O3. The van der Waals surface area contributed by atoms with Crippen molar-refractivity contribution in [3.8, 4) is 5.75 Å². The molecule has 0 unspecified atom stereocenters. The molecule has 0 saturated heterocycles. The van der Waals surface area contributed by atoms with Gasteiger partial charge >= 0.3 is 0 Å². The highest BCUT2D eigenvalue weighted by atomic mass is 35.5. The van der Waals surface area contributed by atoms with E-state index in [1.165, 1.54) is 0 Å². The molecule has 144 valence electrons. The average Bonchev–Trinajstić information content (AvgIpc) is 2.60. The lowest BCUT2D eigenvalue weighted by molar-refractivity contribution is -0.123. The number of ether oxygens (including phenoxy) is 1. The van der Waals surface area contributed by atoms with Crippen molar-refractivity contribution in [1.82, 2.24) is 10.2 Å². The van der Waals surface area contributed by atoms with Crippen LogP contribution < -0.4 is 15.4 Å². The van der Waals surface area contributed by atoms with E-state index in [4.69, 9.17) is 16.3 Å². The number of nitrogens with one attached hydrogen (secondary N) is 2. The summed E-state index contributed by atoms with van der Waals surface area (Å²) in [6.07, 6.45) is 0. The minimum atomic E-state index is -0.235. The number of benzene rings is 2. The fourth-order valence-electron chi connectivity index (χ4n) is 2.42. The third-order valence-corrected chi connectivity index (χ3v) is 3.99. The van der Waals surface area contributed by atoms with Crippen LogP contribution in [-0.4, -0.2) is 50.0 Å². The highest BCUT2D eigenvalue weighted by Crippen LogP contribution is 2.20. The standard InChI is InChI=1S/C20H24ClN3O3/c1-15-6-5-7-16(12-15)27-11-10-22-19(25)13-24(2)14-20(26)23-18-9-4-3-8-17(18)21/h3-9,12H,10-11,13-14H2,1-2H3,(H,22,25)(H,23,26). The van der Waals surface area contributed by atoms with Crippen LogP contribution in [0.4, 0.5) is 5.69 Å². The number of carbonyl (C=O) groups excluding carboxylic acids is 2. The molecule has 0 saturated carbocycles. The monoisotopic (exact) mass is 389 g/mol. The maximum atomic E-state index is 12.0. The van der Waals surface area contributed by atoms with Gasteiger partial charge in [0, 0.05) is 0 Å². The van der Waals surface area contributed by atoms with Crippen LogP contribution >= 0.6 is 11.6 Å². The van der Waals surface area contributed by atoms with Crippen LogP contribution in [0.2, 0.25) is 5.02 Å². The van der Waals surface area contributed by atoms with Crippen molar-refractivity contribution in [2.75, 3.05) is 38.6 Å². The van der Waals surface area contributed by atoms with E-state index in [1.54, 1.807) is 36.2 Å². The van der Waals surface area contributed by atoms with Crippen molar-refractivity contribution in [1.29, 1.82) is 0 Å². The van der Waals surface area contributed by atoms with Gasteiger partial charge in [-0.25, -0.2) is 0 Å². The van der Waals surface area contributed by atoms with Gasteiger partial charge in [-0.3, -0.25) is 14.5 Å². The normalized spacial score (nSPS) is 10.5. The number of hydrogen-bond acceptors (Lipinski definition) is 4. The van der Waals surface area contributed by atoms with Crippen molar-refractivity contribution in [2.45, 2.75) is 6.92 Å². The van der Waals surface area contributed by atoms with Crippen molar-refractivity contribution >= 4 is 29.1 Å². The molecule has 7 heteroatoms.